The van der Waals surface area contributed by atoms with Crippen LogP contribution >= 0.6 is 12.4 Å². The van der Waals surface area contributed by atoms with Gasteiger partial charge < -0.3 is 20.1 Å². The number of aryl methyl sites for hydroxylation is 1. The first-order valence-corrected chi connectivity index (χ1v) is 9.00. The van der Waals surface area contributed by atoms with E-state index < -0.39 is 0 Å². The third-order valence-electron chi connectivity index (χ3n) is 5.20. The molecule has 3 rings (SSSR count). The molecule has 2 aromatic rings. The van der Waals surface area contributed by atoms with Crippen LogP contribution in [0.15, 0.2) is 24.3 Å². The van der Waals surface area contributed by atoms with Gasteiger partial charge in [0.05, 0.1) is 30.5 Å². The first kappa shape index (κ1) is 21.4. The summed E-state index contributed by atoms with van der Waals surface area (Å²) in [7, 11) is 3.35. The third-order valence-corrected chi connectivity index (χ3v) is 5.20. The van der Waals surface area contributed by atoms with Gasteiger partial charge in [-0.25, -0.2) is 0 Å². The van der Waals surface area contributed by atoms with E-state index in [9.17, 15) is 4.79 Å². The first-order chi connectivity index (χ1) is 12.6. The number of hydrogen-bond acceptors (Lipinski definition) is 5. The Morgan fingerprint density at radius 3 is 2.67 bits per heavy atom. The van der Waals surface area contributed by atoms with Gasteiger partial charge in [0, 0.05) is 30.5 Å². The maximum Gasteiger partial charge on any atom is 0.253 e. The molecule has 27 heavy (non-hydrogen) atoms. The van der Waals surface area contributed by atoms with Crippen molar-refractivity contribution in [2.45, 2.75) is 19.8 Å². The number of nitrogens with zero attached hydrogens (tertiary/aromatic N) is 1. The second kappa shape index (κ2) is 9.35. The van der Waals surface area contributed by atoms with E-state index in [1.165, 1.54) is 0 Å². The number of benzene rings is 1. The number of carbonyl (C=O) groups excluding carboxylic acids is 1. The minimum Gasteiger partial charge on any atom is -0.497 e. The predicted octanol–water partition coefficient (Wildman–Crippen LogP) is 2.72. The van der Waals surface area contributed by atoms with Crippen LogP contribution in [-0.4, -0.2) is 51.4 Å². The van der Waals surface area contributed by atoms with E-state index in [2.05, 4.69) is 15.6 Å². The van der Waals surface area contributed by atoms with Crippen molar-refractivity contribution >= 4 is 29.2 Å². The highest BCUT2D eigenvalue weighted by Gasteiger charge is 2.32. The number of hydrogen-bond donors (Lipinski definition) is 2. The van der Waals surface area contributed by atoms with Gasteiger partial charge in [-0.05, 0) is 51.1 Å². The highest BCUT2D eigenvalue weighted by atomic mass is 35.5. The molecule has 1 aromatic heterocycles. The summed E-state index contributed by atoms with van der Waals surface area (Å²) in [5.41, 5.74) is 2.16. The quantitative estimate of drug-likeness (QED) is 0.789. The van der Waals surface area contributed by atoms with Crippen LogP contribution in [0.3, 0.4) is 0 Å². The fourth-order valence-electron chi connectivity index (χ4n) is 3.60. The molecule has 2 N–H and O–H groups in total. The largest absolute Gasteiger partial charge is 0.497 e. The Bertz CT molecular complexity index is 786. The molecule has 6 nitrogen and oxygen atoms in total. The van der Waals surface area contributed by atoms with Gasteiger partial charge in [0.25, 0.3) is 5.91 Å². The molecule has 0 unspecified atom stereocenters. The lowest BCUT2D eigenvalue weighted by atomic mass is 9.79. The zero-order valence-corrected chi connectivity index (χ0v) is 16.9. The van der Waals surface area contributed by atoms with Gasteiger partial charge in [-0.3, -0.25) is 9.78 Å². The van der Waals surface area contributed by atoms with Gasteiger partial charge in [-0.2, -0.15) is 0 Å². The van der Waals surface area contributed by atoms with Crippen molar-refractivity contribution in [3.8, 4) is 5.75 Å². The van der Waals surface area contributed by atoms with Gasteiger partial charge in [-0.15, -0.1) is 12.4 Å². The molecular weight excluding hydrogens is 366 g/mol. The zero-order valence-electron chi connectivity index (χ0n) is 16.1. The van der Waals surface area contributed by atoms with E-state index >= 15 is 0 Å². The van der Waals surface area contributed by atoms with E-state index in [0.717, 1.165) is 42.6 Å². The molecule has 0 aliphatic carbocycles. The molecule has 1 aromatic carbocycles. The van der Waals surface area contributed by atoms with Gasteiger partial charge in [-0.1, -0.05) is 0 Å². The fraction of sp³-hybridized carbons (Fsp3) is 0.500. The summed E-state index contributed by atoms with van der Waals surface area (Å²) in [5, 5.41) is 7.40. The lowest BCUT2D eigenvalue weighted by Crippen LogP contribution is -2.47. The van der Waals surface area contributed by atoms with Gasteiger partial charge in [0.1, 0.15) is 5.75 Å². The summed E-state index contributed by atoms with van der Waals surface area (Å²) in [6.07, 6.45) is 1.99. The van der Waals surface area contributed by atoms with Crippen LogP contribution in [-0.2, 0) is 4.74 Å². The molecule has 0 atom stereocenters. The number of ether oxygens (including phenoxy) is 2. The van der Waals surface area contributed by atoms with Crippen molar-refractivity contribution in [2.24, 2.45) is 5.41 Å². The molecule has 1 fully saturated rings. The maximum atomic E-state index is 12.8. The number of aromatic nitrogens is 1. The normalized spacial score (nSPS) is 15.8. The third kappa shape index (κ3) is 4.89. The standard InChI is InChI=1S/C20H27N3O3.ClH/c1-14-17(10-15-4-5-16(26-3)11-18(15)23-14)19(24)22-12-20(13-25-2)6-8-21-9-7-20;/h4-5,10-11,21H,6-9,12-13H2,1-3H3,(H,22,24);1H. The lowest BCUT2D eigenvalue weighted by molar-refractivity contribution is 0.0511. The second-order valence-corrected chi connectivity index (χ2v) is 7.05. The van der Waals surface area contributed by atoms with Crippen LogP contribution in [0.25, 0.3) is 10.9 Å². The molecule has 1 amide bonds. The minimum absolute atomic E-state index is 0. The second-order valence-electron chi connectivity index (χ2n) is 7.05. The van der Waals surface area contributed by atoms with Gasteiger partial charge in [0.2, 0.25) is 0 Å². The predicted molar refractivity (Wildman–Crippen MR) is 109 cm³/mol. The van der Waals surface area contributed by atoms with Crippen molar-refractivity contribution < 1.29 is 14.3 Å². The SMILES string of the molecule is COCC1(CNC(=O)c2cc3ccc(OC)cc3nc2C)CCNCC1.Cl. The van der Waals surface area contributed by atoms with Crippen molar-refractivity contribution in [2.75, 3.05) is 40.5 Å². The molecule has 1 saturated heterocycles. The van der Waals surface area contributed by atoms with Crippen LogP contribution in [0.4, 0.5) is 0 Å². The first-order valence-electron chi connectivity index (χ1n) is 9.00. The van der Waals surface area contributed by atoms with Gasteiger partial charge >= 0.3 is 0 Å². The van der Waals surface area contributed by atoms with Crippen LogP contribution in [0.2, 0.25) is 0 Å². The van der Waals surface area contributed by atoms with Crippen molar-refractivity contribution in [3.63, 3.8) is 0 Å². The Morgan fingerprint density at radius 1 is 1.26 bits per heavy atom. The van der Waals surface area contributed by atoms with Crippen molar-refractivity contribution in [1.82, 2.24) is 15.6 Å². The summed E-state index contributed by atoms with van der Waals surface area (Å²) in [4.78, 5) is 17.4. The molecule has 0 saturated carbocycles. The summed E-state index contributed by atoms with van der Waals surface area (Å²) in [6.45, 7) is 5.05. The fourth-order valence-corrected chi connectivity index (χ4v) is 3.60. The Hall–Kier alpha value is -1.89. The molecule has 1 aliphatic rings. The number of carbonyl (C=O) groups is 1. The van der Waals surface area contributed by atoms with Crippen molar-refractivity contribution in [1.29, 1.82) is 0 Å². The maximum absolute atomic E-state index is 12.8. The molecular formula is C20H28ClN3O3. The topological polar surface area (TPSA) is 72.5 Å². The monoisotopic (exact) mass is 393 g/mol. The Kier molecular flexibility index (Phi) is 7.41. The van der Waals surface area contributed by atoms with E-state index in [1.54, 1.807) is 14.2 Å². The van der Waals surface area contributed by atoms with E-state index in [-0.39, 0.29) is 23.7 Å². The van der Waals surface area contributed by atoms with Crippen LogP contribution in [0.5, 0.6) is 5.75 Å². The molecule has 0 radical (unpaired) electrons. The molecule has 0 bridgehead atoms. The van der Waals surface area contributed by atoms with Crippen LogP contribution in [0, 0.1) is 12.3 Å². The number of halogens is 1. The molecule has 148 valence electrons. The molecule has 2 heterocycles. The summed E-state index contributed by atoms with van der Waals surface area (Å²) >= 11 is 0. The number of nitrogens with one attached hydrogen (secondary N) is 2. The average molecular weight is 394 g/mol. The number of pyridine rings is 1. The Balaban J connectivity index is 0.00000261. The molecule has 7 heteroatoms. The smallest absolute Gasteiger partial charge is 0.253 e. The number of piperidine rings is 1. The van der Waals surface area contributed by atoms with E-state index in [1.807, 2.05) is 31.2 Å². The summed E-state index contributed by atoms with van der Waals surface area (Å²) in [6, 6.07) is 7.59. The van der Waals surface area contributed by atoms with E-state index in [0.29, 0.717) is 24.4 Å². The summed E-state index contributed by atoms with van der Waals surface area (Å²) < 4.78 is 10.7. The van der Waals surface area contributed by atoms with E-state index in [4.69, 9.17) is 9.47 Å². The lowest BCUT2D eigenvalue weighted by Gasteiger charge is -2.37. The van der Waals surface area contributed by atoms with Crippen molar-refractivity contribution in [3.05, 3.63) is 35.5 Å². The molecule has 1 aliphatic heterocycles. The highest BCUT2D eigenvalue weighted by molar-refractivity contribution is 5.98. The van der Waals surface area contributed by atoms with Crippen LogP contribution in [0.1, 0.15) is 28.9 Å². The number of fused-ring (bicyclic) bond motifs is 1. The molecule has 0 spiro atoms. The number of amides is 1. The highest BCUT2D eigenvalue weighted by Crippen LogP contribution is 2.28. The average Bonchev–Trinajstić information content (AvgIpc) is 2.66. The zero-order chi connectivity index (χ0) is 18.6. The number of rotatable bonds is 6. The van der Waals surface area contributed by atoms with Gasteiger partial charge in [0.15, 0.2) is 0 Å². The Labute approximate surface area is 166 Å². The summed E-state index contributed by atoms with van der Waals surface area (Å²) in [5.74, 6) is 0.677. The Morgan fingerprint density at radius 2 is 2.00 bits per heavy atom. The van der Waals surface area contributed by atoms with Crippen LogP contribution < -0.4 is 15.4 Å². The number of methoxy groups -OCH3 is 2. The minimum atomic E-state index is -0.0817.